The first-order valence-corrected chi connectivity index (χ1v) is 7.85. The number of hydrogen-bond donors (Lipinski definition) is 1. The number of furan rings is 1. The second kappa shape index (κ2) is 6.02. The van der Waals surface area contributed by atoms with E-state index in [0.717, 1.165) is 41.1 Å². The number of aliphatic hydroxyl groups is 1. The van der Waals surface area contributed by atoms with Gasteiger partial charge < -0.3 is 9.52 Å². The molecule has 3 rings (SSSR count). The smallest absolute Gasteiger partial charge is 0.136 e. The van der Waals surface area contributed by atoms with Gasteiger partial charge in [0.15, 0.2) is 0 Å². The average molecular weight is 285 g/mol. The molecule has 1 aliphatic rings. The van der Waals surface area contributed by atoms with Gasteiger partial charge in [-0.3, -0.25) is 4.98 Å². The minimum absolute atomic E-state index is 0.374. The molecule has 0 amide bonds. The third-order valence-electron chi connectivity index (χ3n) is 4.53. The van der Waals surface area contributed by atoms with Crippen LogP contribution in [0.3, 0.4) is 0 Å². The number of rotatable bonds is 3. The molecular weight excluding hydrogens is 262 g/mol. The second-order valence-corrected chi connectivity index (χ2v) is 6.22. The summed E-state index contributed by atoms with van der Waals surface area (Å²) in [5.41, 5.74) is 3.02. The molecule has 21 heavy (non-hydrogen) atoms. The Kier molecular flexibility index (Phi) is 4.11. The molecule has 3 heteroatoms. The van der Waals surface area contributed by atoms with Gasteiger partial charge in [-0.05, 0) is 50.3 Å². The highest BCUT2D eigenvalue weighted by Gasteiger charge is 2.26. The summed E-state index contributed by atoms with van der Waals surface area (Å²) in [6, 6.07) is 4.05. The maximum absolute atomic E-state index is 10.7. The summed E-state index contributed by atoms with van der Waals surface area (Å²) < 4.78 is 5.87. The highest BCUT2D eigenvalue weighted by atomic mass is 16.3. The molecule has 0 aromatic carbocycles. The summed E-state index contributed by atoms with van der Waals surface area (Å²) in [5.74, 6) is 2.00. The zero-order chi connectivity index (χ0) is 14.8. The van der Waals surface area contributed by atoms with E-state index in [0.29, 0.717) is 5.92 Å². The van der Waals surface area contributed by atoms with Crippen molar-refractivity contribution in [1.29, 1.82) is 0 Å². The lowest BCUT2D eigenvalue weighted by molar-refractivity contribution is 0.0835. The minimum Gasteiger partial charge on any atom is -0.461 e. The highest BCUT2D eigenvalue weighted by molar-refractivity contribution is 5.58. The molecule has 1 aliphatic carbocycles. The number of hydrogen-bond acceptors (Lipinski definition) is 3. The molecule has 0 aliphatic heterocycles. The molecule has 1 unspecified atom stereocenters. The number of aromatic nitrogens is 1. The molecule has 0 saturated heterocycles. The Morgan fingerprint density at radius 2 is 1.90 bits per heavy atom. The fraction of sp³-hybridized carbons (Fsp3) is 0.500. The Bertz CT molecular complexity index is 611. The third-order valence-corrected chi connectivity index (χ3v) is 4.53. The van der Waals surface area contributed by atoms with Gasteiger partial charge in [-0.15, -0.1) is 0 Å². The van der Waals surface area contributed by atoms with Gasteiger partial charge in [-0.25, -0.2) is 0 Å². The number of nitrogens with zero attached hydrogens (tertiary/aromatic N) is 1. The summed E-state index contributed by atoms with van der Waals surface area (Å²) in [6.07, 6.45) is 9.23. The molecule has 112 valence electrons. The van der Waals surface area contributed by atoms with Crippen LogP contribution in [0.5, 0.6) is 0 Å². The van der Waals surface area contributed by atoms with Crippen molar-refractivity contribution in [1.82, 2.24) is 4.98 Å². The van der Waals surface area contributed by atoms with Crippen molar-refractivity contribution >= 4 is 0 Å². The maximum atomic E-state index is 10.7. The summed E-state index contributed by atoms with van der Waals surface area (Å²) in [4.78, 5) is 4.21. The first kappa shape index (κ1) is 14.3. The molecule has 2 aromatic heterocycles. The number of aryl methyl sites for hydroxylation is 2. The summed E-state index contributed by atoms with van der Waals surface area (Å²) in [7, 11) is 0. The van der Waals surface area contributed by atoms with Crippen LogP contribution in [0, 0.1) is 19.8 Å². The van der Waals surface area contributed by atoms with Crippen molar-refractivity contribution in [2.45, 2.75) is 52.1 Å². The largest absolute Gasteiger partial charge is 0.461 e. The Hall–Kier alpha value is -1.61. The lowest BCUT2D eigenvalue weighted by Gasteiger charge is -2.26. The SMILES string of the molecule is Cc1cncc(-c2cc(C(O)C3CCCCC3)c(C)o2)c1. The normalized spacial score (nSPS) is 17.9. The van der Waals surface area contributed by atoms with Crippen molar-refractivity contribution in [3.8, 4) is 11.3 Å². The topological polar surface area (TPSA) is 46.3 Å². The van der Waals surface area contributed by atoms with E-state index in [1.165, 1.54) is 19.3 Å². The van der Waals surface area contributed by atoms with Crippen LogP contribution in [-0.2, 0) is 0 Å². The Balaban J connectivity index is 1.87. The van der Waals surface area contributed by atoms with Crippen LogP contribution in [0.1, 0.15) is 55.1 Å². The molecule has 0 bridgehead atoms. The molecule has 0 radical (unpaired) electrons. The standard InChI is InChI=1S/C18H23NO2/c1-12-8-15(11-19-10-12)17-9-16(13(2)21-17)18(20)14-6-4-3-5-7-14/h8-11,14,18,20H,3-7H2,1-2H3. The fourth-order valence-corrected chi connectivity index (χ4v) is 3.33. The third kappa shape index (κ3) is 3.03. The first-order valence-electron chi connectivity index (χ1n) is 7.85. The molecule has 3 nitrogen and oxygen atoms in total. The predicted octanol–water partition coefficient (Wildman–Crippen LogP) is 4.57. The molecule has 2 aromatic rings. The molecular formula is C18H23NO2. The number of pyridine rings is 1. The van der Waals surface area contributed by atoms with Crippen LogP contribution >= 0.6 is 0 Å². The van der Waals surface area contributed by atoms with E-state index in [-0.39, 0.29) is 0 Å². The van der Waals surface area contributed by atoms with Gasteiger partial charge in [-0.1, -0.05) is 19.3 Å². The molecule has 0 spiro atoms. The zero-order valence-electron chi connectivity index (χ0n) is 12.8. The van der Waals surface area contributed by atoms with Crippen LogP contribution in [0.2, 0.25) is 0 Å². The zero-order valence-corrected chi connectivity index (χ0v) is 12.8. The quantitative estimate of drug-likeness (QED) is 0.898. The Morgan fingerprint density at radius 1 is 1.14 bits per heavy atom. The van der Waals surface area contributed by atoms with Gasteiger partial charge in [0, 0.05) is 23.5 Å². The van der Waals surface area contributed by atoms with Crippen molar-refractivity contribution in [3.05, 3.63) is 41.4 Å². The molecule has 1 saturated carbocycles. The van der Waals surface area contributed by atoms with Crippen molar-refractivity contribution in [2.24, 2.45) is 5.92 Å². The second-order valence-electron chi connectivity index (χ2n) is 6.22. The summed E-state index contributed by atoms with van der Waals surface area (Å²) in [5, 5.41) is 10.7. The average Bonchev–Trinajstić information content (AvgIpc) is 2.89. The van der Waals surface area contributed by atoms with Crippen molar-refractivity contribution in [3.63, 3.8) is 0 Å². The maximum Gasteiger partial charge on any atom is 0.136 e. The van der Waals surface area contributed by atoms with Crippen LogP contribution in [0.25, 0.3) is 11.3 Å². The fourth-order valence-electron chi connectivity index (χ4n) is 3.33. The molecule has 1 atom stereocenters. The van der Waals surface area contributed by atoms with E-state index >= 15 is 0 Å². The molecule has 1 fully saturated rings. The van der Waals surface area contributed by atoms with Crippen LogP contribution in [0.4, 0.5) is 0 Å². The van der Waals surface area contributed by atoms with Gasteiger partial charge in [0.25, 0.3) is 0 Å². The van der Waals surface area contributed by atoms with Gasteiger partial charge in [0.05, 0.1) is 6.10 Å². The summed E-state index contributed by atoms with van der Waals surface area (Å²) >= 11 is 0. The lowest BCUT2D eigenvalue weighted by atomic mass is 9.83. The van der Waals surface area contributed by atoms with Crippen LogP contribution in [0.15, 0.2) is 28.9 Å². The van der Waals surface area contributed by atoms with Crippen molar-refractivity contribution < 1.29 is 9.52 Å². The van der Waals surface area contributed by atoms with Gasteiger partial charge in [-0.2, -0.15) is 0 Å². The van der Waals surface area contributed by atoms with Crippen molar-refractivity contribution in [2.75, 3.05) is 0 Å². The monoisotopic (exact) mass is 285 g/mol. The van der Waals surface area contributed by atoms with Gasteiger partial charge in [0.1, 0.15) is 11.5 Å². The lowest BCUT2D eigenvalue weighted by Crippen LogP contribution is -2.16. The van der Waals surface area contributed by atoms with Crippen LogP contribution in [-0.4, -0.2) is 10.1 Å². The van der Waals surface area contributed by atoms with E-state index in [2.05, 4.69) is 11.1 Å². The van der Waals surface area contributed by atoms with E-state index in [4.69, 9.17) is 4.42 Å². The van der Waals surface area contributed by atoms with Gasteiger partial charge in [0.2, 0.25) is 0 Å². The van der Waals surface area contributed by atoms with E-state index in [1.807, 2.05) is 32.3 Å². The van der Waals surface area contributed by atoms with E-state index < -0.39 is 6.10 Å². The van der Waals surface area contributed by atoms with Crippen LogP contribution < -0.4 is 0 Å². The van der Waals surface area contributed by atoms with E-state index in [9.17, 15) is 5.11 Å². The van der Waals surface area contributed by atoms with Gasteiger partial charge >= 0.3 is 0 Å². The molecule has 1 N–H and O–H groups in total. The Morgan fingerprint density at radius 3 is 2.62 bits per heavy atom. The molecule has 2 heterocycles. The minimum atomic E-state index is -0.402. The number of aliphatic hydroxyl groups excluding tert-OH is 1. The van der Waals surface area contributed by atoms with E-state index in [1.54, 1.807) is 0 Å². The summed E-state index contributed by atoms with van der Waals surface area (Å²) in [6.45, 7) is 3.96. The Labute approximate surface area is 126 Å². The predicted molar refractivity (Wildman–Crippen MR) is 82.9 cm³/mol. The first-order chi connectivity index (χ1) is 10.1. The highest BCUT2D eigenvalue weighted by Crippen LogP contribution is 2.38.